The van der Waals surface area contributed by atoms with E-state index in [-0.39, 0.29) is 15.6 Å². The molecule has 0 aliphatic carbocycles. The zero-order valence-corrected chi connectivity index (χ0v) is 11.1. The molecule has 1 aromatic carbocycles. The molecule has 0 bridgehead atoms. The third-order valence-electron chi connectivity index (χ3n) is 2.02. The summed E-state index contributed by atoms with van der Waals surface area (Å²) in [6.45, 7) is 1.72. The number of halogens is 2. The molecule has 1 unspecified atom stereocenters. The SMILES string of the molecule is COC(=O)c1ccc(C(=O)C(C)Br)c(Cl)c1. The molecule has 1 atom stereocenters. The number of ether oxygens (including phenoxy) is 1. The molecule has 0 aliphatic heterocycles. The van der Waals surface area contributed by atoms with E-state index < -0.39 is 5.97 Å². The Kier molecular flexibility index (Phi) is 4.50. The fourth-order valence-electron chi connectivity index (χ4n) is 1.17. The summed E-state index contributed by atoms with van der Waals surface area (Å²) in [4.78, 5) is 22.6. The van der Waals surface area contributed by atoms with Crippen molar-refractivity contribution in [2.24, 2.45) is 0 Å². The minimum Gasteiger partial charge on any atom is -0.465 e. The summed E-state index contributed by atoms with van der Waals surface area (Å²) in [5, 5.41) is 0.249. The van der Waals surface area contributed by atoms with Gasteiger partial charge in [-0.2, -0.15) is 0 Å². The fourth-order valence-corrected chi connectivity index (χ4v) is 1.69. The maximum absolute atomic E-state index is 11.7. The number of hydrogen-bond donors (Lipinski definition) is 0. The monoisotopic (exact) mass is 304 g/mol. The van der Waals surface area contributed by atoms with Gasteiger partial charge in [0.05, 0.1) is 22.5 Å². The summed E-state index contributed by atoms with van der Waals surface area (Å²) in [7, 11) is 1.29. The molecule has 3 nitrogen and oxygen atoms in total. The van der Waals surface area contributed by atoms with Crippen LogP contribution in [0.25, 0.3) is 0 Å². The van der Waals surface area contributed by atoms with Gasteiger partial charge in [-0.15, -0.1) is 0 Å². The summed E-state index contributed by atoms with van der Waals surface area (Å²) < 4.78 is 4.55. The molecule has 86 valence electrons. The van der Waals surface area contributed by atoms with Crippen molar-refractivity contribution in [1.29, 1.82) is 0 Å². The standard InChI is InChI=1S/C11H10BrClO3/c1-6(12)10(14)8-4-3-7(5-9(8)13)11(15)16-2/h3-6H,1-2H3. The molecule has 16 heavy (non-hydrogen) atoms. The minimum absolute atomic E-state index is 0.124. The molecule has 0 saturated carbocycles. The summed E-state index contributed by atoms with van der Waals surface area (Å²) in [6, 6.07) is 4.46. The molecule has 0 fully saturated rings. The largest absolute Gasteiger partial charge is 0.465 e. The third kappa shape index (κ3) is 2.83. The van der Waals surface area contributed by atoms with Crippen LogP contribution in [0.5, 0.6) is 0 Å². The van der Waals surface area contributed by atoms with Crippen LogP contribution in [0.3, 0.4) is 0 Å². The van der Waals surface area contributed by atoms with Crippen LogP contribution >= 0.6 is 27.5 Å². The van der Waals surface area contributed by atoms with Crippen LogP contribution in [-0.2, 0) is 4.74 Å². The van der Waals surface area contributed by atoms with Crippen LogP contribution in [0, 0.1) is 0 Å². The smallest absolute Gasteiger partial charge is 0.337 e. The van der Waals surface area contributed by atoms with E-state index >= 15 is 0 Å². The molecule has 1 aromatic rings. The molecule has 0 aromatic heterocycles. The van der Waals surface area contributed by atoms with E-state index in [0.717, 1.165) is 0 Å². The zero-order chi connectivity index (χ0) is 12.3. The van der Waals surface area contributed by atoms with E-state index in [4.69, 9.17) is 11.6 Å². The van der Waals surface area contributed by atoms with E-state index in [1.165, 1.54) is 25.3 Å². The van der Waals surface area contributed by atoms with Gasteiger partial charge in [-0.3, -0.25) is 4.79 Å². The second kappa shape index (κ2) is 5.46. The highest BCUT2D eigenvalue weighted by molar-refractivity contribution is 9.10. The second-order valence-corrected chi connectivity index (χ2v) is 4.95. The summed E-state index contributed by atoms with van der Waals surface area (Å²) in [5.74, 6) is -0.603. The number of hydrogen-bond acceptors (Lipinski definition) is 3. The molecule has 1 rings (SSSR count). The minimum atomic E-state index is -0.479. The normalized spacial score (nSPS) is 12.0. The molecule has 0 radical (unpaired) electrons. The molecule has 0 spiro atoms. The highest BCUT2D eigenvalue weighted by atomic mass is 79.9. The highest BCUT2D eigenvalue weighted by Gasteiger charge is 2.17. The predicted molar refractivity (Wildman–Crippen MR) is 65.5 cm³/mol. The van der Waals surface area contributed by atoms with Crippen molar-refractivity contribution in [2.45, 2.75) is 11.8 Å². The number of alkyl halides is 1. The quantitative estimate of drug-likeness (QED) is 0.489. The Bertz CT molecular complexity index is 429. The number of methoxy groups -OCH3 is 1. The Morgan fingerprint density at radius 1 is 1.44 bits per heavy atom. The number of carbonyl (C=O) groups excluding carboxylic acids is 2. The Morgan fingerprint density at radius 3 is 2.50 bits per heavy atom. The Labute approximate surface area is 107 Å². The fraction of sp³-hybridized carbons (Fsp3) is 0.273. The van der Waals surface area contributed by atoms with Crippen LogP contribution in [-0.4, -0.2) is 23.7 Å². The van der Waals surface area contributed by atoms with Crippen LogP contribution < -0.4 is 0 Å². The molecular weight excluding hydrogens is 295 g/mol. The first-order valence-corrected chi connectivity index (χ1v) is 5.83. The average molecular weight is 306 g/mol. The van der Waals surface area contributed by atoms with Gasteiger partial charge in [-0.25, -0.2) is 4.79 Å². The van der Waals surface area contributed by atoms with Gasteiger partial charge in [-0.05, 0) is 25.1 Å². The molecule has 0 aliphatic rings. The Hall–Kier alpha value is -0.870. The van der Waals surface area contributed by atoms with Crippen LogP contribution in [0.4, 0.5) is 0 Å². The molecule has 0 heterocycles. The summed E-state index contributed by atoms with van der Waals surface area (Å²) in [6.07, 6.45) is 0. The lowest BCUT2D eigenvalue weighted by atomic mass is 10.1. The molecule has 0 N–H and O–H groups in total. The van der Waals surface area contributed by atoms with Crippen molar-refractivity contribution in [3.05, 3.63) is 34.3 Å². The van der Waals surface area contributed by atoms with Crippen molar-refractivity contribution in [1.82, 2.24) is 0 Å². The maximum atomic E-state index is 11.7. The third-order valence-corrected chi connectivity index (χ3v) is 2.75. The lowest BCUT2D eigenvalue weighted by Gasteiger charge is -2.06. The van der Waals surface area contributed by atoms with Gasteiger partial charge >= 0.3 is 5.97 Å². The first kappa shape index (κ1) is 13.2. The molecule has 5 heteroatoms. The lowest BCUT2D eigenvalue weighted by molar-refractivity contribution is 0.0600. The van der Waals surface area contributed by atoms with Gasteiger partial charge in [-0.1, -0.05) is 27.5 Å². The van der Waals surface area contributed by atoms with Gasteiger partial charge in [0.15, 0.2) is 5.78 Å². The average Bonchev–Trinajstić information content (AvgIpc) is 2.26. The van der Waals surface area contributed by atoms with E-state index in [1.807, 2.05) is 0 Å². The van der Waals surface area contributed by atoms with Crippen LogP contribution in [0.1, 0.15) is 27.6 Å². The Morgan fingerprint density at radius 2 is 2.06 bits per heavy atom. The lowest BCUT2D eigenvalue weighted by Crippen LogP contribution is -2.11. The number of carbonyl (C=O) groups is 2. The van der Waals surface area contributed by atoms with Gasteiger partial charge < -0.3 is 4.74 Å². The van der Waals surface area contributed by atoms with Gasteiger partial charge in [0, 0.05) is 5.56 Å². The zero-order valence-electron chi connectivity index (χ0n) is 8.79. The van der Waals surface area contributed by atoms with E-state index in [2.05, 4.69) is 20.7 Å². The van der Waals surface area contributed by atoms with Gasteiger partial charge in [0.1, 0.15) is 0 Å². The van der Waals surface area contributed by atoms with Crippen molar-refractivity contribution in [3.8, 4) is 0 Å². The van der Waals surface area contributed by atoms with Crippen molar-refractivity contribution in [2.75, 3.05) is 7.11 Å². The molecular formula is C11H10BrClO3. The molecule has 0 amide bonds. The first-order chi connectivity index (χ1) is 7.47. The number of rotatable bonds is 3. The van der Waals surface area contributed by atoms with Crippen molar-refractivity contribution in [3.63, 3.8) is 0 Å². The highest BCUT2D eigenvalue weighted by Crippen LogP contribution is 2.21. The second-order valence-electron chi connectivity index (χ2n) is 3.17. The number of benzene rings is 1. The number of ketones is 1. The summed E-state index contributed by atoms with van der Waals surface area (Å²) >= 11 is 9.09. The first-order valence-electron chi connectivity index (χ1n) is 4.53. The van der Waals surface area contributed by atoms with Crippen LogP contribution in [0.2, 0.25) is 5.02 Å². The Balaban J connectivity index is 3.10. The van der Waals surface area contributed by atoms with E-state index in [1.54, 1.807) is 6.92 Å². The molecule has 0 saturated heterocycles. The number of esters is 1. The van der Waals surface area contributed by atoms with Gasteiger partial charge in [0.2, 0.25) is 0 Å². The van der Waals surface area contributed by atoms with E-state index in [9.17, 15) is 9.59 Å². The summed E-state index contributed by atoms with van der Waals surface area (Å²) in [5.41, 5.74) is 0.713. The topological polar surface area (TPSA) is 43.4 Å². The predicted octanol–water partition coefficient (Wildman–Crippen LogP) is 3.09. The maximum Gasteiger partial charge on any atom is 0.337 e. The van der Waals surface area contributed by atoms with Crippen molar-refractivity contribution >= 4 is 39.3 Å². The van der Waals surface area contributed by atoms with Gasteiger partial charge in [0.25, 0.3) is 0 Å². The van der Waals surface area contributed by atoms with Crippen molar-refractivity contribution < 1.29 is 14.3 Å². The van der Waals surface area contributed by atoms with E-state index in [0.29, 0.717) is 11.1 Å². The van der Waals surface area contributed by atoms with Crippen LogP contribution in [0.15, 0.2) is 18.2 Å². The number of Topliss-reactive ketones (excluding diaryl/α,β-unsaturated/α-hetero) is 1.